The Kier molecular flexibility index (Phi) is 2.41. The molecule has 19 heavy (non-hydrogen) atoms. The van der Waals surface area contributed by atoms with E-state index in [1.54, 1.807) is 19.1 Å². The summed E-state index contributed by atoms with van der Waals surface area (Å²) < 4.78 is 6.69. The number of rotatable bonds is 1. The maximum Gasteiger partial charge on any atom is 0.339 e. The Balaban J connectivity index is 2.59. The molecule has 2 aromatic heterocycles. The monoisotopic (exact) mass is 262 g/mol. The number of aromatic nitrogens is 1. The van der Waals surface area contributed by atoms with Crippen LogP contribution in [0.3, 0.4) is 0 Å². The van der Waals surface area contributed by atoms with Crippen LogP contribution in [0.5, 0.6) is 5.75 Å². The number of aromatic hydroxyl groups is 1. The Labute approximate surface area is 108 Å². The second-order valence-electron chi connectivity index (χ2n) is 4.90. The van der Waals surface area contributed by atoms with Gasteiger partial charge in [0.2, 0.25) is 0 Å². The van der Waals surface area contributed by atoms with E-state index in [-0.39, 0.29) is 22.3 Å². The summed E-state index contributed by atoms with van der Waals surface area (Å²) in [5.74, 6) is -0.318. The Hall–Kier alpha value is -2.24. The normalized spacial score (nSPS) is 13.8. The number of fused-ring (bicyclic) bond motifs is 3. The van der Waals surface area contributed by atoms with Gasteiger partial charge in [0.1, 0.15) is 11.1 Å². The third-order valence-corrected chi connectivity index (χ3v) is 3.47. The molecule has 0 radical (unpaired) electrons. The summed E-state index contributed by atoms with van der Waals surface area (Å²) in [6, 6.07) is 0.936. The maximum absolute atomic E-state index is 12.5. The number of hydrogen-bond acceptors (Lipinski definition) is 5. The summed E-state index contributed by atoms with van der Waals surface area (Å²) in [5.41, 5.74) is 0.941. The number of hydrogen-bond donors (Lipinski definition) is 1. The lowest BCUT2D eigenvalue weighted by Gasteiger charge is -2.21. The van der Waals surface area contributed by atoms with E-state index in [0.717, 1.165) is 36.6 Å². The third kappa shape index (κ3) is 1.56. The van der Waals surface area contributed by atoms with Gasteiger partial charge in [-0.2, -0.15) is 0 Å². The second kappa shape index (κ2) is 3.88. The van der Waals surface area contributed by atoms with Crippen LogP contribution in [0.4, 0.5) is 0 Å². The van der Waals surface area contributed by atoms with Crippen LogP contribution in [-0.2, 0) is 12.8 Å². The summed E-state index contributed by atoms with van der Waals surface area (Å²) in [6.07, 6.45) is 2.41. The van der Waals surface area contributed by atoms with Crippen LogP contribution in [0.1, 0.15) is 17.7 Å². The minimum Gasteiger partial charge on any atom is -0.507 e. The average molecular weight is 262 g/mol. The largest absolute Gasteiger partial charge is 0.507 e. The standard InChI is InChI=1S/C13H14N2O4/c1-14(2)15-8-5-3-4-7(8)12-11(13(15)18)9(16)6-10(17)19-12/h6,16H,3-5H2,1-2H3. The van der Waals surface area contributed by atoms with Crippen LogP contribution in [0.15, 0.2) is 20.1 Å². The average Bonchev–Trinajstić information content (AvgIpc) is 2.76. The molecule has 0 aromatic carbocycles. The van der Waals surface area contributed by atoms with Gasteiger partial charge in [-0.25, -0.2) is 9.47 Å². The van der Waals surface area contributed by atoms with Crippen molar-refractivity contribution < 1.29 is 9.52 Å². The Bertz CT molecular complexity index is 786. The fourth-order valence-corrected chi connectivity index (χ4v) is 2.76. The van der Waals surface area contributed by atoms with E-state index in [4.69, 9.17) is 4.42 Å². The van der Waals surface area contributed by atoms with Crippen LogP contribution in [0.2, 0.25) is 0 Å². The number of aryl methyl sites for hydroxylation is 1. The molecule has 0 atom stereocenters. The van der Waals surface area contributed by atoms with Gasteiger partial charge in [0.05, 0.1) is 11.8 Å². The first-order chi connectivity index (χ1) is 9.00. The molecular weight excluding hydrogens is 248 g/mol. The highest BCUT2D eigenvalue weighted by atomic mass is 16.4. The molecule has 100 valence electrons. The molecule has 0 aliphatic heterocycles. The summed E-state index contributed by atoms with van der Waals surface area (Å²) >= 11 is 0. The van der Waals surface area contributed by atoms with Gasteiger partial charge in [-0.05, 0) is 19.3 Å². The van der Waals surface area contributed by atoms with Gasteiger partial charge in [0, 0.05) is 19.7 Å². The molecule has 0 bridgehead atoms. The third-order valence-electron chi connectivity index (χ3n) is 3.47. The molecule has 6 nitrogen and oxygen atoms in total. The van der Waals surface area contributed by atoms with Gasteiger partial charge in [-0.1, -0.05) is 0 Å². The highest BCUT2D eigenvalue weighted by Gasteiger charge is 2.25. The molecule has 1 aliphatic carbocycles. The lowest BCUT2D eigenvalue weighted by molar-refractivity contribution is 0.465. The van der Waals surface area contributed by atoms with Crippen molar-refractivity contribution in [1.82, 2.24) is 4.68 Å². The fraction of sp³-hybridized carbons (Fsp3) is 0.385. The smallest absolute Gasteiger partial charge is 0.339 e. The van der Waals surface area contributed by atoms with Crippen molar-refractivity contribution in [3.63, 3.8) is 0 Å². The van der Waals surface area contributed by atoms with Gasteiger partial charge in [0.25, 0.3) is 5.56 Å². The van der Waals surface area contributed by atoms with Gasteiger partial charge < -0.3 is 14.5 Å². The molecule has 0 unspecified atom stereocenters. The van der Waals surface area contributed by atoms with Crippen LogP contribution in [0, 0.1) is 0 Å². The predicted octanol–water partition coefficient (Wildman–Crippen LogP) is 0.347. The lowest BCUT2D eigenvalue weighted by atomic mass is 10.1. The Morgan fingerprint density at radius 2 is 2.05 bits per heavy atom. The topological polar surface area (TPSA) is 75.7 Å². The van der Waals surface area contributed by atoms with E-state index in [9.17, 15) is 14.7 Å². The van der Waals surface area contributed by atoms with Crippen molar-refractivity contribution in [1.29, 1.82) is 0 Å². The van der Waals surface area contributed by atoms with E-state index in [2.05, 4.69) is 0 Å². The quantitative estimate of drug-likeness (QED) is 0.802. The zero-order valence-electron chi connectivity index (χ0n) is 10.8. The molecule has 0 spiro atoms. The second-order valence-corrected chi connectivity index (χ2v) is 4.90. The van der Waals surface area contributed by atoms with E-state index in [1.165, 1.54) is 4.68 Å². The van der Waals surface area contributed by atoms with Crippen molar-refractivity contribution in [2.45, 2.75) is 19.3 Å². The van der Waals surface area contributed by atoms with E-state index in [1.807, 2.05) is 0 Å². The molecule has 2 aromatic rings. The van der Waals surface area contributed by atoms with Gasteiger partial charge in [-0.15, -0.1) is 0 Å². The zero-order chi connectivity index (χ0) is 13.7. The fourth-order valence-electron chi connectivity index (χ4n) is 2.76. The van der Waals surface area contributed by atoms with Crippen molar-refractivity contribution in [2.24, 2.45) is 0 Å². The molecule has 0 amide bonds. The van der Waals surface area contributed by atoms with E-state index >= 15 is 0 Å². The summed E-state index contributed by atoms with van der Waals surface area (Å²) in [5, 5.41) is 11.6. The predicted molar refractivity (Wildman–Crippen MR) is 70.5 cm³/mol. The van der Waals surface area contributed by atoms with Crippen molar-refractivity contribution in [3.8, 4) is 5.75 Å². The first-order valence-electron chi connectivity index (χ1n) is 6.12. The highest BCUT2D eigenvalue weighted by molar-refractivity contribution is 5.85. The van der Waals surface area contributed by atoms with Gasteiger partial charge in [0.15, 0.2) is 5.58 Å². The molecule has 0 fully saturated rings. The zero-order valence-corrected chi connectivity index (χ0v) is 10.8. The van der Waals surface area contributed by atoms with Crippen molar-refractivity contribution >= 4 is 11.0 Å². The van der Waals surface area contributed by atoms with Crippen molar-refractivity contribution in [2.75, 3.05) is 19.1 Å². The summed E-state index contributed by atoms with van der Waals surface area (Å²) in [6.45, 7) is 0. The summed E-state index contributed by atoms with van der Waals surface area (Å²) in [7, 11) is 3.53. The van der Waals surface area contributed by atoms with E-state index in [0.29, 0.717) is 0 Å². The van der Waals surface area contributed by atoms with E-state index < -0.39 is 5.63 Å². The lowest BCUT2D eigenvalue weighted by Crippen LogP contribution is -2.38. The van der Waals surface area contributed by atoms with Crippen LogP contribution in [-0.4, -0.2) is 23.9 Å². The number of pyridine rings is 1. The first kappa shape index (κ1) is 11.8. The van der Waals surface area contributed by atoms with Crippen LogP contribution in [0.25, 0.3) is 11.0 Å². The molecular formula is C13H14N2O4. The van der Waals surface area contributed by atoms with Gasteiger partial charge in [-0.3, -0.25) is 4.79 Å². The summed E-state index contributed by atoms with van der Waals surface area (Å²) in [4.78, 5) is 23.8. The maximum atomic E-state index is 12.5. The molecule has 1 N–H and O–H groups in total. The molecule has 0 saturated carbocycles. The minimum absolute atomic E-state index is 0.0777. The Morgan fingerprint density at radius 1 is 1.32 bits per heavy atom. The van der Waals surface area contributed by atoms with Crippen LogP contribution >= 0.6 is 0 Å². The Morgan fingerprint density at radius 3 is 2.74 bits per heavy atom. The van der Waals surface area contributed by atoms with Crippen LogP contribution < -0.4 is 16.2 Å². The molecule has 1 aliphatic rings. The SMILES string of the molecule is CN(C)n1c2c(c3oc(=O)cc(O)c3c1=O)CCC2. The molecule has 2 heterocycles. The van der Waals surface area contributed by atoms with Gasteiger partial charge >= 0.3 is 5.63 Å². The molecule has 0 saturated heterocycles. The first-order valence-corrected chi connectivity index (χ1v) is 6.12. The minimum atomic E-state index is -0.638. The molecule has 6 heteroatoms. The number of nitrogens with zero attached hydrogens (tertiary/aromatic N) is 2. The highest BCUT2D eigenvalue weighted by Crippen LogP contribution is 2.30. The van der Waals surface area contributed by atoms with Crippen molar-refractivity contribution in [3.05, 3.63) is 38.1 Å². The molecule has 3 rings (SSSR count).